The summed E-state index contributed by atoms with van der Waals surface area (Å²) in [4.78, 5) is 22.3. The quantitative estimate of drug-likeness (QED) is 0.0251. The number of hydrogen-bond acceptors (Lipinski definition) is 5. The van der Waals surface area contributed by atoms with Gasteiger partial charge in [0.05, 0.1) is 23.4 Å². The number of fused-ring (bicyclic) bond motifs is 2. The largest absolute Gasteiger partial charge is 0.481 e. The summed E-state index contributed by atoms with van der Waals surface area (Å²) in [7, 11) is 0. The number of carbonyl (C=O) groups is 2. The summed E-state index contributed by atoms with van der Waals surface area (Å²) in [5.41, 5.74) is 9.78. The predicted molar refractivity (Wildman–Crippen MR) is 276 cm³/mol. The number of nitrogens with one attached hydrogen (secondary N) is 3. The van der Waals surface area contributed by atoms with Gasteiger partial charge in [-0.25, -0.2) is 0 Å². The highest BCUT2D eigenvalue weighted by Crippen LogP contribution is 2.14. The van der Waals surface area contributed by atoms with Crippen molar-refractivity contribution in [3.8, 4) is 0 Å². The van der Waals surface area contributed by atoms with E-state index in [1.165, 1.54) is 51.4 Å². The average molecular weight is 885 g/mol. The van der Waals surface area contributed by atoms with E-state index >= 15 is 0 Å². The Balaban J connectivity index is 0.000000376. The lowest BCUT2D eigenvalue weighted by molar-refractivity contribution is -0.137. The van der Waals surface area contributed by atoms with Gasteiger partial charge < -0.3 is 16.2 Å². The van der Waals surface area contributed by atoms with Crippen LogP contribution in [0.3, 0.4) is 0 Å². The Kier molecular flexibility index (Phi) is 33.9. The minimum absolute atomic E-state index is 0.105. The second-order valence-electron chi connectivity index (χ2n) is 15.9. The highest BCUT2D eigenvalue weighted by atomic mass is 16.4. The molecule has 4 aromatic rings. The highest BCUT2D eigenvalue weighted by Gasteiger charge is 2.02. The predicted octanol–water partition coefficient (Wildman–Crippen LogP) is 14.6. The first-order valence-corrected chi connectivity index (χ1v) is 24.2. The van der Waals surface area contributed by atoms with Gasteiger partial charge in [-0.3, -0.25) is 19.8 Å². The van der Waals surface area contributed by atoms with Crippen molar-refractivity contribution < 1.29 is 14.7 Å². The Morgan fingerprint density at radius 1 is 0.538 bits per heavy atom. The number of nitrogens with zero attached hydrogens (tertiary/aromatic N) is 2. The molecule has 0 radical (unpaired) electrons. The fourth-order valence-electron chi connectivity index (χ4n) is 6.38. The Morgan fingerprint density at radius 3 is 1.34 bits per heavy atom. The van der Waals surface area contributed by atoms with Crippen LogP contribution in [0.4, 0.5) is 0 Å². The molecule has 1 amide bonds. The van der Waals surface area contributed by atoms with E-state index in [2.05, 4.69) is 143 Å². The summed E-state index contributed by atoms with van der Waals surface area (Å²) in [5.74, 6) is -0.607. The van der Waals surface area contributed by atoms with Gasteiger partial charge >= 0.3 is 5.97 Å². The van der Waals surface area contributed by atoms with E-state index < -0.39 is 5.97 Å². The lowest BCUT2D eigenvalue weighted by atomic mass is 10.1. The summed E-state index contributed by atoms with van der Waals surface area (Å²) in [6, 6.07) is 12.1. The maximum absolute atomic E-state index is 12.0. The second kappa shape index (κ2) is 39.8. The van der Waals surface area contributed by atoms with Crippen LogP contribution in [0.25, 0.3) is 21.8 Å². The van der Waals surface area contributed by atoms with Crippen molar-refractivity contribution in [1.29, 1.82) is 0 Å². The molecule has 65 heavy (non-hydrogen) atoms. The molecule has 9 heteroatoms. The number of rotatable bonds is 31. The van der Waals surface area contributed by atoms with E-state index in [-0.39, 0.29) is 12.3 Å². The zero-order chi connectivity index (χ0) is 46.7. The van der Waals surface area contributed by atoms with Crippen molar-refractivity contribution in [3.05, 3.63) is 157 Å². The maximum atomic E-state index is 12.0. The molecule has 2 aromatic carbocycles. The molecule has 0 fully saturated rings. The number of aromatic amines is 2. The van der Waals surface area contributed by atoms with Crippen LogP contribution in [-0.4, -0.2) is 37.4 Å². The Hall–Kier alpha value is -5.80. The molecule has 0 bridgehead atoms. The third-order valence-electron chi connectivity index (χ3n) is 10.2. The molecule has 0 unspecified atom stereocenters. The van der Waals surface area contributed by atoms with Crippen LogP contribution in [0, 0.1) is 0 Å². The number of aliphatic carboxylic acids is 1. The number of carboxylic acids is 1. The van der Waals surface area contributed by atoms with Crippen LogP contribution in [0.5, 0.6) is 0 Å². The summed E-state index contributed by atoms with van der Waals surface area (Å²) in [5, 5.41) is 27.4. The fourth-order valence-corrected chi connectivity index (χ4v) is 6.38. The molecule has 2 heterocycles. The van der Waals surface area contributed by atoms with Gasteiger partial charge in [-0.15, -0.1) is 0 Å². The Morgan fingerprint density at radius 2 is 0.923 bits per heavy atom. The number of unbranched alkanes of at least 4 members (excludes halogenated alkanes) is 8. The van der Waals surface area contributed by atoms with Gasteiger partial charge in [-0.05, 0) is 125 Å². The van der Waals surface area contributed by atoms with Gasteiger partial charge in [0.15, 0.2) is 0 Å². The van der Waals surface area contributed by atoms with Crippen LogP contribution in [0.1, 0.15) is 153 Å². The molecule has 0 saturated heterocycles. The number of carbonyl (C=O) groups excluding carboxylic acids is 1. The average Bonchev–Trinajstić information content (AvgIpc) is 4.00. The lowest BCUT2D eigenvalue weighted by Gasteiger charge is -2.05. The molecular formula is C56H80N6O3. The SMILES string of the molecule is CCCCC/C=C\C/C=C\C/C=C\C/C=C\CCCC(=O)NCc1ccc2[nH]ncc2c1.CCCCC/C=C\C/C=C\C/C=C\C/C=C\CCCC(=O)O.NCc1ccc2[nH]ncc2c1. The van der Waals surface area contributed by atoms with Gasteiger partial charge in [-0.1, -0.05) is 149 Å². The molecular weight excluding hydrogens is 805 g/mol. The number of nitrogens with two attached hydrogens (primary N) is 1. The van der Waals surface area contributed by atoms with Crippen molar-refractivity contribution in [1.82, 2.24) is 25.7 Å². The number of benzene rings is 2. The molecule has 0 aliphatic rings. The van der Waals surface area contributed by atoms with Crippen molar-refractivity contribution in [2.24, 2.45) is 5.73 Å². The first kappa shape index (κ1) is 55.3. The first-order chi connectivity index (χ1) is 32.0. The topological polar surface area (TPSA) is 150 Å². The zero-order valence-corrected chi connectivity index (χ0v) is 39.6. The molecule has 0 aliphatic heterocycles. The number of H-pyrrole nitrogens is 2. The molecule has 2 aromatic heterocycles. The van der Waals surface area contributed by atoms with E-state index in [1.807, 2.05) is 30.3 Å². The summed E-state index contributed by atoms with van der Waals surface area (Å²) < 4.78 is 0. The minimum atomic E-state index is -0.712. The van der Waals surface area contributed by atoms with Gasteiger partial charge in [0.1, 0.15) is 0 Å². The molecule has 0 saturated carbocycles. The molecule has 0 aliphatic carbocycles. The number of allylic oxidation sites excluding steroid dienone is 16. The van der Waals surface area contributed by atoms with E-state index in [4.69, 9.17) is 10.8 Å². The molecule has 6 N–H and O–H groups in total. The van der Waals surface area contributed by atoms with E-state index in [1.54, 1.807) is 12.4 Å². The highest BCUT2D eigenvalue weighted by molar-refractivity contribution is 5.79. The van der Waals surface area contributed by atoms with Crippen LogP contribution in [0.15, 0.2) is 146 Å². The smallest absolute Gasteiger partial charge is 0.303 e. The van der Waals surface area contributed by atoms with Crippen molar-refractivity contribution in [2.75, 3.05) is 0 Å². The summed E-state index contributed by atoms with van der Waals surface area (Å²) >= 11 is 0. The van der Waals surface area contributed by atoms with Crippen LogP contribution >= 0.6 is 0 Å². The molecule has 0 atom stereocenters. The number of hydrogen-bond donors (Lipinski definition) is 5. The van der Waals surface area contributed by atoms with Crippen molar-refractivity contribution in [2.45, 2.75) is 155 Å². The third kappa shape index (κ3) is 30.8. The van der Waals surface area contributed by atoms with Gasteiger partial charge in [-0.2, -0.15) is 10.2 Å². The van der Waals surface area contributed by atoms with Gasteiger partial charge in [0, 0.05) is 36.7 Å². The van der Waals surface area contributed by atoms with Crippen LogP contribution < -0.4 is 11.1 Å². The third-order valence-corrected chi connectivity index (χ3v) is 10.2. The van der Waals surface area contributed by atoms with Crippen LogP contribution in [0.2, 0.25) is 0 Å². The summed E-state index contributed by atoms with van der Waals surface area (Å²) in [6.07, 6.45) is 59.2. The Bertz CT molecular complexity index is 2060. The number of carboxylic acid groups (broad SMARTS) is 1. The molecule has 4 rings (SSSR count). The molecule has 9 nitrogen and oxygen atoms in total. The second-order valence-corrected chi connectivity index (χ2v) is 15.9. The van der Waals surface area contributed by atoms with E-state index in [9.17, 15) is 9.59 Å². The van der Waals surface area contributed by atoms with Gasteiger partial charge in [0.25, 0.3) is 0 Å². The standard InChI is InChI=1S/C28H39N3O.C20H32O2.C8H9N3/c1-2-3-4-5-6-7-8-9-10-11-12-13-14-15-16-17-18-19-28(32)29-23-25-20-21-27-26(22-25)24-30-31-27;1-2-3-4-5-6-7-8-9-10-11-12-13-14-15-16-17-18-19-20(21)22;9-4-6-1-2-8-7(3-6)5-10-11-8/h6-7,9-10,12-13,15-16,20-22,24H,2-5,8,11,14,17-19,23H2,1H3,(H,29,32)(H,30,31);6-7,9-10,12-13,15-16H,2-5,8,11,14,17-19H2,1H3,(H,21,22);1-3,5H,4,9H2,(H,10,11)/b2*7-6-,10-9-,13-12-,16-15-;. The van der Waals surface area contributed by atoms with Crippen LogP contribution in [-0.2, 0) is 22.7 Å². The zero-order valence-electron chi connectivity index (χ0n) is 39.6. The number of amides is 1. The lowest BCUT2D eigenvalue weighted by Crippen LogP contribution is -2.22. The van der Waals surface area contributed by atoms with Gasteiger partial charge in [0.2, 0.25) is 5.91 Å². The first-order valence-electron chi connectivity index (χ1n) is 24.2. The van der Waals surface area contributed by atoms with Crippen molar-refractivity contribution >= 4 is 33.7 Å². The number of aromatic nitrogens is 4. The van der Waals surface area contributed by atoms with E-state index in [0.29, 0.717) is 19.5 Å². The molecule has 352 valence electrons. The Labute approximate surface area is 390 Å². The maximum Gasteiger partial charge on any atom is 0.303 e. The normalized spacial score (nSPS) is 12.0. The van der Waals surface area contributed by atoms with Crippen molar-refractivity contribution in [3.63, 3.8) is 0 Å². The molecule has 0 spiro atoms. The fraction of sp³-hybridized carbons (Fsp3) is 0.429. The van der Waals surface area contributed by atoms with E-state index in [0.717, 1.165) is 97.1 Å². The summed E-state index contributed by atoms with van der Waals surface area (Å²) in [6.45, 7) is 5.62. The monoisotopic (exact) mass is 885 g/mol. The minimum Gasteiger partial charge on any atom is -0.481 e.